The van der Waals surface area contributed by atoms with Crippen LogP contribution in [0.2, 0.25) is 0 Å². The SMILES string of the molecule is C=CCOc1ccc2c(c1)C1C(CCCCO)C(CCCCO)C=C3C(=NOC(C)(C)C)CC(n4nncc4CO)C(OCC=C)(O2)C31. The van der Waals surface area contributed by atoms with E-state index in [1.165, 1.54) is 0 Å². The van der Waals surface area contributed by atoms with Gasteiger partial charge in [-0.15, -0.1) is 11.7 Å². The van der Waals surface area contributed by atoms with Crippen LogP contribution in [-0.4, -0.2) is 73.8 Å². The molecule has 1 aliphatic heterocycles. The first-order chi connectivity index (χ1) is 23.2. The van der Waals surface area contributed by atoms with Crippen LogP contribution in [0.5, 0.6) is 11.5 Å². The van der Waals surface area contributed by atoms with Crippen molar-refractivity contribution in [2.45, 2.75) is 95.7 Å². The third-order valence-electron chi connectivity index (χ3n) is 9.55. The molecular formula is C37H52N4O7. The first-order valence-corrected chi connectivity index (χ1v) is 17.2. The van der Waals surface area contributed by atoms with E-state index in [0.29, 0.717) is 30.9 Å². The minimum atomic E-state index is -1.27. The van der Waals surface area contributed by atoms with Crippen molar-refractivity contribution in [1.82, 2.24) is 15.0 Å². The summed E-state index contributed by atoms with van der Waals surface area (Å²) in [4.78, 5) is 6.11. The lowest BCUT2D eigenvalue weighted by molar-refractivity contribution is -0.252. The quantitative estimate of drug-likeness (QED) is 0.111. The molecule has 1 aromatic carbocycles. The van der Waals surface area contributed by atoms with E-state index >= 15 is 0 Å². The Morgan fingerprint density at radius 3 is 2.50 bits per heavy atom. The largest absolute Gasteiger partial charge is 0.490 e. The van der Waals surface area contributed by atoms with Gasteiger partial charge in [-0.2, -0.15) is 0 Å². The topological polar surface area (TPSA) is 141 Å². The lowest BCUT2D eigenvalue weighted by Crippen LogP contribution is -2.63. The van der Waals surface area contributed by atoms with E-state index in [4.69, 9.17) is 24.2 Å². The van der Waals surface area contributed by atoms with Crippen LogP contribution >= 0.6 is 0 Å². The van der Waals surface area contributed by atoms with Gasteiger partial charge in [-0.05, 0) is 82.1 Å². The predicted molar refractivity (Wildman–Crippen MR) is 183 cm³/mol. The lowest BCUT2D eigenvalue weighted by Gasteiger charge is -2.58. The number of aliphatic hydroxyl groups excluding tert-OH is 3. The van der Waals surface area contributed by atoms with Gasteiger partial charge >= 0.3 is 0 Å². The minimum Gasteiger partial charge on any atom is -0.490 e. The molecule has 6 unspecified atom stereocenters. The normalized spacial score (nSPS) is 27.0. The number of nitrogens with zero attached hydrogens (tertiary/aromatic N) is 4. The zero-order chi connectivity index (χ0) is 34.3. The highest BCUT2D eigenvalue weighted by Crippen LogP contribution is 2.63. The molecule has 3 aliphatic rings. The van der Waals surface area contributed by atoms with Crippen LogP contribution in [0.15, 0.2) is 66.5 Å². The summed E-state index contributed by atoms with van der Waals surface area (Å²) in [6, 6.07) is 5.36. The van der Waals surface area contributed by atoms with Gasteiger partial charge in [-0.1, -0.05) is 48.0 Å². The molecule has 5 rings (SSSR count). The monoisotopic (exact) mass is 664 g/mol. The molecule has 0 spiro atoms. The maximum Gasteiger partial charge on any atom is 0.241 e. The summed E-state index contributed by atoms with van der Waals surface area (Å²) in [7, 11) is 0. The van der Waals surface area contributed by atoms with Gasteiger partial charge in [0.05, 0.1) is 36.7 Å². The van der Waals surface area contributed by atoms with Gasteiger partial charge in [-0.25, -0.2) is 4.68 Å². The zero-order valence-corrected chi connectivity index (χ0v) is 28.6. The van der Waals surface area contributed by atoms with Crippen molar-refractivity contribution in [2.24, 2.45) is 22.9 Å². The molecule has 2 heterocycles. The number of aromatic nitrogens is 3. The predicted octanol–water partition coefficient (Wildman–Crippen LogP) is 5.64. The smallest absolute Gasteiger partial charge is 0.241 e. The summed E-state index contributed by atoms with van der Waals surface area (Å²) in [5, 5.41) is 43.3. The second kappa shape index (κ2) is 15.8. The first-order valence-electron chi connectivity index (χ1n) is 17.2. The minimum absolute atomic E-state index is 0.104. The van der Waals surface area contributed by atoms with Crippen LogP contribution in [0.4, 0.5) is 0 Å². The fourth-order valence-electron chi connectivity index (χ4n) is 7.66. The number of ether oxygens (including phenoxy) is 3. The van der Waals surface area contributed by atoms with Crippen molar-refractivity contribution in [1.29, 1.82) is 0 Å². The van der Waals surface area contributed by atoms with Crippen molar-refractivity contribution in [3.8, 4) is 11.5 Å². The highest BCUT2D eigenvalue weighted by atomic mass is 16.7. The van der Waals surface area contributed by atoms with E-state index in [2.05, 4.69) is 35.6 Å². The number of hydrogen-bond acceptors (Lipinski definition) is 10. The van der Waals surface area contributed by atoms with Crippen LogP contribution in [0.25, 0.3) is 0 Å². The van der Waals surface area contributed by atoms with E-state index in [1.54, 1.807) is 23.0 Å². The molecule has 1 aromatic heterocycles. The second-order valence-corrected chi connectivity index (χ2v) is 13.9. The standard InChI is InChI=1S/C37H52N4O7/c1-6-18-45-27-14-15-32-30(21-27)34-28(13-9-11-17-43)25(12-8-10-16-42)20-29-31(39-48-36(3,4)5)22-33(41-26(24-44)23-38-40-41)37(47-32,35(29)34)46-19-7-2/h6-7,14-15,20-21,23,25,28,33-35,42-44H,1-2,8-13,16-19,22,24H2,3-5H3. The molecule has 48 heavy (non-hydrogen) atoms. The van der Waals surface area contributed by atoms with Gasteiger partial charge in [0, 0.05) is 31.1 Å². The van der Waals surface area contributed by atoms with E-state index < -0.39 is 17.4 Å². The van der Waals surface area contributed by atoms with Crippen molar-refractivity contribution in [3.05, 3.63) is 72.6 Å². The Labute approximate surface area is 283 Å². The van der Waals surface area contributed by atoms with Crippen LogP contribution in [0.1, 0.15) is 88.9 Å². The molecule has 11 heteroatoms. The molecule has 6 atom stereocenters. The highest BCUT2D eigenvalue weighted by molar-refractivity contribution is 6.02. The molecule has 2 aliphatic carbocycles. The molecule has 0 radical (unpaired) electrons. The number of allylic oxidation sites excluding steroid dienone is 1. The number of unbranched alkanes of at least 4 members (excludes halogenated alkanes) is 2. The molecule has 11 nitrogen and oxygen atoms in total. The molecule has 262 valence electrons. The summed E-state index contributed by atoms with van der Waals surface area (Å²) in [5.41, 5.74) is 2.79. The Bertz CT molecular complexity index is 1460. The molecule has 0 amide bonds. The number of rotatable bonds is 17. The Hall–Kier alpha value is -3.51. The van der Waals surface area contributed by atoms with E-state index in [0.717, 1.165) is 54.7 Å². The average molecular weight is 665 g/mol. The van der Waals surface area contributed by atoms with Crippen LogP contribution < -0.4 is 9.47 Å². The van der Waals surface area contributed by atoms with Crippen LogP contribution in [-0.2, 0) is 16.2 Å². The molecule has 1 saturated carbocycles. The van der Waals surface area contributed by atoms with Gasteiger partial charge in [-0.3, -0.25) is 0 Å². The number of hydrogen-bond donors (Lipinski definition) is 3. The molecule has 2 aromatic rings. The number of fused-ring (bicyclic) bond motifs is 2. The lowest BCUT2D eigenvalue weighted by atomic mass is 9.55. The molecule has 0 saturated heterocycles. The summed E-state index contributed by atoms with van der Waals surface area (Å²) >= 11 is 0. The summed E-state index contributed by atoms with van der Waals surface area (Å²) in [6.45, 7) is 14.3. The average Bonchev–Trinajstić information content (AvgIpc) is 3.55. The van der Waals surface area contributed by atoms with Crippen LogP contribution in [0, 0.1) is 17.8 Å². The van der Waals surface area contributed by atoms with Crippen molar-refractivity contribution >= 4 is 5.71 Å². The Balaban J connectivity index is 1.80. The third kappa shape index (κ3) is 7.39. The molecule has 1 fully saturated rings. The van der Waals surface area contributed by atoms with Crippen LogP contribution in [0.3, 0.4) is 0 Å². The summed E-state index contributed by atoms with van der Waals surface area (Å²) in [5.74, 6) is -0.0272. The van der Waals surface area contributed by atoms with Crippen molar-refractivity contribution in [2.75, 3.05) is 26.4 Å². The number of oxime groups is 1. The molecule has 3 N–H and O–H groups in total. The van der Waals surface area contributed by atoms with E-state index in [-0.39, 0.29) is 50.1 Å². The van der Waals surface area contributed by atoms with E-state index in [9.17, 15) is 15.3 Å². The summed E-state index contributed by atoms with van der Waals surface area (Å²) in [6.07, 6.45) is 12.6. The number of aliphatic hydroxyl groups is 3. The molecule has 0 bridgehead atoms. The highest BCUT2D eigenvalue weighted by Gasteiger charge is 2.65. The first kappa shape index (κ1) is 35.8. The van der Waals surface area contributed by atoms with Crippen molar-refractivity contribution < 1.29 is 34.4 Å². The fourth-order valence-corrected chi connectivity index (χ4v) is 7.66. The van der Waals surface area contributed by atoms with Gasteiger partial charge in [0.15, 0.2) is 0 Å². The maximum absolute atomic E-state index is 10.4. The van der Waals surface area contributed by atoms with E-state index in [1.807, 2.05) is 32.9 Å². The fraction of sp³-hybridized carbons (Fsp3) is 0.595. The second-order valence-electron chi connectivity index (χ2n) is 13.9. The van der Waals surface area contributed by atoms with Gasteiger partial charge in [0.2, 0.25) is 5.79 Å². The zero-order valence-electron chi connectivity index (χ0n) is 28.6. The number of benzene rings is 1. The Morgan fingerprint density at radius 2 is 1.81 bits per heavy atom. The molecular weight excluding hydrogens is 612 g/mol. The third-order valence-corrected chi connectivity index (χ3v) is 9.55. The van der Waals surface area contributed by atoms with Gasteiger partial charge < -0.3 is 34.4 Å². The van der Waals surface area contributed by atoms with Crippen molar-refractivity contribution in [3.63, 3.8) is 0 Å². The van der Waals surface area contributed by atoms with Gasteiger partial charge in [0.25, 0.3) is 0 Å². The van der Waals surface area contributed by atoms with Gasteiger partial charge in [0.1, 0.15) is 29.7 Å². The Kier molecular flexibility index (Phi) is 11.8. The summed E-state index contributed by atoms with van der Waals surface area (Å²) < 4.78 is 21.8. The maximum atomic E-state index is 10.4. The Morgan fingerprint density at radius 1 is 1.06 bits per heavy atom.